The molecule has 1 atom stereocenters. The normalized spacial score (nSPS) is 21.6. The Bertz CT molecular complexity index is 1080. The number of halogens is 4. The van der Waals surface area contributed by atoms with E-state index in [0.717, 1.165) is 11.8 Å². The van der Waals surface area contributed by atoms with Crippen molar-refractivity contribution >= 4 is 23.1 Å². The summed E-state index contributed by atoms with van der Waals surface area (Å²) in [6.45, 7) is 0.873. The van der Waals surface area contributed by atoms with Crippen molar-refractivity contribution in [2.75, 3.05) is 49.7 Å². The topological polar surface area (TPSA) is 66.9 Å². The van der Waals surface area contributed by atoms with Crippen molar-refractivity contribution < 1.29 is 31.8 Å². The number of hydrogen-bond donors (Lipinski definition) is 1. The summed E-state index contributed by atoms with van der Waals surface area (Å²) in [4.78, 5) is 20.8. The molecule has 2 aromatic rings. The Labute approximate surface area is 200 Å². The highest BCUT2D eigenvalue weighted by atomic mass is 19.4. The van der Waals surface area contributed by atoms with Crippen LogP contribution in [0.1, 0.15) is 30.1 Å². The minimum absolute atomic E-state index is 0.0904. The van der Waals surface area contributed by atoms with Gasteiger partial charge in [-0.3, -0.25) is 9.69 Å². The predicted octanol–water partition coefficient (Wildman–Crippen LogP) is 4.17. The van der Waals surface area contributed by atoms with E-state index in [1.54, 1.807) is 4.90 Å². The average Bonchev–Trinajstić information content (AvgIpc) is 2.99. The molecule has 4 heterocycles. The van der Waals surface area contributed by atoms with Crippen LogP contribution in [0.15, 0.2) is 30.5 Å². The van der Waals surface area contributed by atoms with Crippen LogP contribution < -0.4 is 10.2 Å². The Morgan fingerprint density at radius 2 is 1.97 bits per heavy atom. The van der Waals surface area contributed by atoms with Gasteiger partial charge in [0.1, 0.15) is 17.7 Å². The third-order valence-electron chi connectivity index (χ3n) is 6.62. The predicted molar refractivity (Wildman–Crippen MR) is 120 cm³/mol. The van der Waals surface area contributed by atoms with Gasteiger partial charge in [-0.1, -0.05) is 6.07 Å². The molecule has 3 aliphatic rings. The second kappa shape index (κ2) is 9.71. The van der Waals surface area contributed by atoms with Crippen molar-refractivity contribution in [2.45, 2.75) is 31.7 Å². The highest BCUT2D eigenvalue weighted by molar-refractivity contribution is 5.99. The highest BCUT2D eigenvalue weighted by Crippen LogP contribution is 2.39. The van der Waals surface area contributed by atoms with Crippen molar-refractivity contribution in [1.82, 2.24) is 9.88 Å². The Hall–Kier alpha value is -2.76. The van der Waals surface area contributed by atoms with E-state index in [1.807, 2.05) is 18.2 Å². The molecule has 0 spiro atoms. The largest absolute Gasteiger partial charge is 0.401 e. The summed E-state index contributed by atoms with van der Waals surface area (Å²) >= 11 is 0. The summed E-state index contributed by atoms with van der Waals surface area (Å²) in [6.07, 6.45) is -2.80. The molecule has 0 aliphatic carbocycles. The van der Waals surface area contributed by atoms with Crippen LogP contribution in [0.3, 0.4) is 0 Å². The number of ether oxygens (including phenoxy) is 2. The van der Waals surface area contributed by atoms with Crippen LogP contribution in [0.2, 0.25) is 0 Å². The maximum absolute atomic E-state index is 14.0. The molecule has 3 aliphatic heterocycles. The molecule has 5 rings (SSSR count). The van der Waals surface area contributed by atoms with Crippen LogP contribution in [0.25, 0.3) is 0 Å². The third-order valence-corrected chi connectivity index (χ3v) is 6.62. The minimum Gasteiger partial charge on any atom is -0.376 e. The van der Waals surface area contributed by atoms with Crippen molar-refractivity contribution in [3.63, 3.8) is 0 Å². The van der Waals surface area contributed by atoms with Gasteiger partial charge < -0.3 is 19.7 Å². The molecular formula is C24H26F4N4O3. The lowest BCUT2D eigenvalue weighted by Gasteiger charge is -2.34. The van der Waals surface area contributed by atoms with Crippen LogP contribution in [0.4, 0.5) is 34.8 Å². The van der Waals surface area contributed by atoms with E-state index in [1.165, 1.54) is 11.0 Å². The molecule has 188 valence electrons. The molecular weight excluding hydrogens is 468 g/mol. The van der Waals surface area contributed by atoms with Gasteiger partial charge in [0.2, 0.25) is 5.91 Å². The van der Waals surface area contributed by atoms with Crippen LogP contribution in [-0.4, -0.2) is 61.4 Å². The van der Waals surface area contributed by atoms with Gasteiger partial charge in [0, 0.05) is 11.5 Å². The fourth-order valence-corrected chi connectivity index (χ4v) is 4.86. The van der Waals surface area contributed by atoms with Gasteiger partial charge in [-0.25, -0.2) is 9.37 Å². The van der Waals surface area contributed by atoms with Crippen molar-refractivity contribution in [3.8, 4) is 0 Å². The fraction of sp³-hybridized carbons (Fsp3) is 0.500. The first kappa shape index (κ1) is 24.0. The molecule has 2 fully saturated rings. The van der Waals surface area contributed by atoms with Gasteiger partial charge in [-0.15, -0.1) is 0 Å². The van der Waals surface area contributed by atoms with E-state index in [0.29, 0.717) is 55.4 Å². The molecule has 0 saturated carbocycles. The zero-order valence-corrected chi connectivity index (χ0v) is 19.0. The number of anilines is 3. The number of pyridine rings is 1. The molecule has 0 radical (unpaired) electrons. The maximum atomic E-state index is 14.0. The number of benzene rings is 1. The number of amides is 1. The van der Waals surface area contributed by atoms with Gasteiger partial charge >= 0.3 is 6.18 Å². The summed E-state index contributed by atoms with van der Waals surface area (Å²) < 4.78 is 63.7. The van der Waals surface area contributed by atoms with E-state index in [4.69, 9.17) is 9.47 Å². The number of nitrogens with zero attached hydrogens (tertiary/aromatic N) is 3. The molecule has 11 heteroatoms. The average molecular weight is 494 g/mol. The maximum Gasteiger partial charge on any atom is 0.401 e. The fourth-order valence-electron chi connectivity index (χ4n) is 4.86. The monoisotopic (exact) mass is 494 g/mol. The van der Waals surface area contributed by atoms with Crippen molar-refractivity contribution in [3.05, 3.63) is 47.4 Å². The van der Waals surface area contributed by atoms with Gasteiger partial charge in [-0.2, -0.15) is 13.2 Å². The smallest absolute Gasteiger partial charge is 0.376 e. The molecule has 0 unspecified atom stereocenters. The van der Waals surface area contributed by atoms with E-state index in [2.05, 4.69) is 10.3 Å². The van der Waals surface area contributed by atoms with E-state index in [9.17, 15) is 22.4 Å². The SMILES string of the molecule is O=C(C1CCN(CC(F)(F)F)CC1)N1Cc2cc(F)cnc2Nc2ccc([C@H]3COCCO3)cc21. The quantitative estimate of drug-likeness (QED) is 0.647. The van der Waals surface area contributed by atoms with Crippen molar-refractivity contribution in [1.29, 1.82) is 0 Å². The minimum atomic E-state index is -4.27. The van der Waals surface area contributed by atoms with E-state index < -0.39 is 24.5 Å². The lowest BCUT2D eigenvalue weighted by atomic mass is 9.94. The second-order valence-corrected chi connectivity index (χ2v) is 9.09. The van der Waals surface area contributed by atoms with Crippen LogP contribution >= 0.6 is 0 Å². The summed E-state index contributed by atoms with van der Waals surface area (Å²) in [5, 5.41) is 3.20. The van der Waals surface area contributed by atoms with Gasteiger partial charge in [-0.05, 0) is 49.7 Å². The number of aromatic nitrogens is 1. The Morgan fingerprint density at radius 3 is 2.69 bits per heavy atom. The number of rotatable bonds is 3. The standard InChI is InChI=1S/C24H26F4N4O3/c25-18-9-17-12-32(23(33)15-3-5-31(6-4-15)14-24(26,27)28)20-10-16(21-13-34-7-8-35-21)1-2-19(20)30-22(17)29-11-18/h1-2,9-11,15,21H,3-8,12-14H2,(H,29,30)/t21-/m1/s1. The van der Waals surface area contributed by atoms with Crippen LogP contribution in [0, 0.1) is 11.7 Å². The zero-order chi connectivity index (χ0) is 24.6. The molecule has 1 amide bonds. The summed E-state index contributed by atoms with van der Waals surface area (Å²) in [7, 11) is 0. The first-order valence-corrected chi connectivity index (χ1v) is 11.6. The first-order chi connectivity index (χ1) is 16.8. The molecule has 35 heavy (non-hydrogen) atoms. The first-order valence-electron chi connectivity index (χ1n) is 11.6. The summed E-state index contributed by atoms with van der Waals surface area (Å²) in [6, 6.07) is 6.92. The Morgan fingerprint density at radius 1 is 1.17 bits per heavy atom. The molecule has 1 aromatic carbocycles. The Balaban J connectivity index is 1.43. The number of hydrogen-bond acceptors (Lipinski definition) is 6. The number of alkyl halides is 3. The molecule has 2 saturated heterocycles. The molecule has 1 aromatic heterocycles. The lowest BCUT2D eigenvalue weighted by Crippen LogP contribution is -2.45. The summed E-state index contributed by atoms with van der Waals surface area (Å²) in [5.74, 6) is -0.700. The third kappa shape index (κ3) is 5.41. The molecule has 7 nitrogen and oxygen atoms in total. The van der Waals surface area contributed by atoms with Gasteiger partial charge in [0.25, 0.3) is 0 Å². The van der Waals surface area contributed by atoms with E-state index >= 15 is 0 Å². The van der Waals surface area contributed by atoms with Crippen LogP contribution in [0.5, 0.6) is 0 Å². The number of carbonyl (C=O) groups is 1. The number of piperidine rings is 1. The number of carbonyl (C=O) groups excluding carboxylic acids is 1. The zero-order valence-electron chi connectivity index (χ0n) is 19.0. The second-order valence-electron chi connectivity index (χ2n) is 9.09. The van der Waals surface area contributed by atoms with Gasteiger partial charge in [0.05, 0.1) is 50.5 Å². The van der Waals surface area contributed by atoms with Gasteiger partial charge in [0.15, 0.2) is 0 Å². The number of likely N-dealkylation sites (tertiary alicyclic amines) is 1. The highest BCUT2D eigenvalue weighted by Gasteiger charge is 2.36. The van der Waals surface area contributed by atoms with Crippen molar-refractivity contribution in [2.24, 2.45) is 5.92 Å². The molecule has 0 bridgehead atoms. The van der Waals surface area contributed by atoms with E-state index in [-0.39, 0.29) is 31.6 Å². The Kier molecular flexibility index (Phi) is 6.65. The summed E-state index contributed by atoms with van der Waals surface area (Å²) in [5.41, 5.74) is 2.58. The number of nitrogens with one attached hydrogen (secondary N) is 1. The lowest BCUT2D eigenvalue weighted by molar-refractivity contribution is -0.149. The van der Waals surface area contributed by atoms with Crippen LogP contribution in [-0.2, 0) is 20.8 Å². The molecule has 1 N–H and O–H groups in total. The number of fused-ring (bicyclic) bond motifs is 2.